The molecule has 1 N–H and O–H groups in total. The third-order valence-electron chi connectivity index (χ3n) is 3.94. The van der Waals surface area contributed by atoms with Crippen LogP contribution >= 0.6 is 11.8 Å². The van der Waals surface area contributed by atoms with Crippen LogP contribution in [0.25, 0.3) is 0 Å². The maximum Gasteiger partial charge on any atom is 0.164 e. The van der Waals surface area contributed by atoms with Gasteiger partial charge in [0.1, 0.15) is 5.37 Å². The first kappa shape index (κ1) is 17.3. The van der Waals surface area contributed by atoms with Gasteiger partial charge in [-0.05, 0) is 27.2 Å². The number of rotatable bonds is 6. The van der Waals surface area contributed by atoms with Crippen LogP contribution in [-0.2, 0) is 9.84 Å². The molecule has 1 fully saturated rings. The van der Waals surface area contributed by atoms with Crippen molar-refractivity contribution in [3.63, 3.8) is 0 Å². The zero-order valence-electron chi connectivity index (χ0n) is 12.8. The molecule has 0 aromatic rings. The van der Waals surface area contributed by atoms with Crippen LogP contribution in [0.15, 0.2) is 0 Å². The second kappa shape index (κ2) is 6.78. The Balaban J connectivity index is 2.65. The first-order valence-corrected chi connectivity index (χ1v) is 10.1. The molecule has 0 aliphatic carbocycles. The molecule has 19 heavy (non-hydrogen) atoms. The highest BCUT2D eigenvalue weighted by Gasteiger charge is 2.34. The van der Waals surface area contributed by atoms with E-state index in [2.05, 4.69) is 37.9 Å². The van der Waals surface area contributed by atoms with Crippen LogP contribution in [0, 0.1) is 0 Å². The van der Waals surface area contributed by atoms with Gasteiger partial charge in [0.25, 0.3) is 0 Å². The van der Waals surface area contributed by atoms with Gasteiger partial charge in [-0.3, -0.25) is 4.90 Å². The Kier molecular flexibility index (Phi) is 6.17. The third kappa shape index (κ3) is 5.25. The van der Waals surface area contributed by atoms with Gasteiger partial charge in [0, 0.05) is 42.4 Å². The van der Waals surface area contributed by atoms with E-state index in [0.717, 1.165) is 25.3 Å². The number of nitrogens with zero attached hydrogens (tertiary/aromatic N) is 1. The average Bonchev–Trinajstić information content (AvgIpc) is 2.35. The molecule has 2 unspecified atom stereocenters. The van der Waals surface area contributed by atoms with Crippen molar-refractivity contribution in [1.29, 1.82) is 0 Å². The minimum Gasteiger partial charge on any atom is -0.310 e. The largest absolute Gasteiger partial charge is 0.310 e. The van der Waals surface area contributed by atoms with E-state index in [1.165, 1.54) is 6.26 Å². The van der Waals surface area contributed by atoms with E-state index in [-0.39, 0.29) is 17.0 Å². The SMILES string of the molecule is CCC(C)(C)NCC(C)N1CCSCC1S(C)(=O)=O. The number of thioether (sulfide) groups is 1. The molecule has 4 nitrogen and oxygen atoms in total. The minimum atomic E-state index is -3.00. The second-order valence-corrected chi connectivity index (χ2v) is 9.42. The molecule has 0 aromatic heterocycles. The first-order chi connectivity index (χ1) is 8.67. The van der Waals surface area contributed by atoms with Crippen molar-refractivity contribution in [1.82, 2.24) is 10.2 Å². The van der Waals surface area contributed by atoms with Crippen molar-refractivity contribution >= 4 is 21.6 Å². The molecule has 1 heterocycles. The smallest absolute Gasteiger partial charge is 0.164 e. The first-order valence-electron chi connectivity index (χ1n) is 6.95. The van der Waals surface area contributed by atoms with E-state index in [1.54, 1.807) is 11.8 Å². The molecule has 0 bridgehead atoms. The summed E-state index contributed by atoms with van der Waals surface area (Å²) >= 11 is 1.74. The van der Waals surface area contributed by atoms with Gasteiger partial charge in [0.15, 0.2) is 9.84 Å². The molecule has 1 rings (SSSR count). The van der Waals surface area contributed by atoms with Gasteiger partial charge >= 0.3 is 0 Å². The highest BCUT2D eigenvalue weighted by atomic mass is 32.2. The molecule has 0 aromatic carbocycles. The molecule has 1 aliphatic heterocycles. The van der Waals surface area contributed by atoms with Crippen LogP contribution in [-0.4, -0.2) is 61.1 Å². The summed E-state index contributed by atoms with van der Waals surface area (Å²) < 4.78 is 23.8. The van der Waals surface area contributed by atoms with Crippen LogP contribution in [0.4, 0.5) is 0 Å². The summed E-state index contributed by atoms with van der Waals surface area (Å²) in [5.74, 6) is 1.72. The molecule has 0 saturated carbocycles. The number of hydrogen-bond donors (Lipinski definition) is 1. The van der Waals surface area contributed by atoms with E-state index in [9.17, 15) is 8.42 Å². The van der Waals surface area contributed by atoms with Crippen LogP contribution in [0.3, 0.4) is 0 Å². The Morgan fingerprint density at radius 3 is 2.63 bits per heavy atom. The summed E-state index contributed by atoms with van der Waals surface area (Å²) in [6.07, 6.45) is 2.41. The summed E-state index contributed by atoms with van der Waals surface area (Å²) in [5, 5.41) is 3.21. The normalized spacial score (nSPS) is 24.4. The Hall–Kier alpha value is 0.220. The molecule has 1 saturated heterocycles. The average molecular weight is 309 g/mol. The molecule has 0 amide bonds. The lowest BCUT2D eigenvalue weighted by Gasteiger charge is -2.39. The molecule has 2 atom stereocenters. The Bertz CT molecular complexity index is 382. The molecule has 1 aliphatic rings. The zero-order chi connectivity index (χ0) is 14.7. The van der Waals surface area contributed by atoms with Crippen molar-refractivity contribution < 1.29 is 8.42 Å². The summed E-state index contributed by atoms with van der Waals surface area (Å²) in [4.78, 5) is 2.14. The number of hydrogen-bond acceptors (Lipinski definition) is 5. The highest BCUT2D eigenvalue weighted by molar-refractivity contribution is 8.00. The zero-order valence-corrected chi connectivity index (χ0v) is 14.4. The molecule has 0 radical (unpaired) electrons. The molecule has 114 valence electrons. The van der Waals surface area contributed by atoms with Crippen molar-refractivity contribution in [2.24, 2.45) is 0 Å². The van der Waals surface area contributed by atoms with Crippen LogP contribution in [0.2, 0.25) is 0 Å². The lowest BCUT2D eigenvalue weighted by Crippen LogP contribution is -2.55. The van der Waals surface area contributed by atoms with Crippen LogP contribution in [0.5, 0.6) is 0 Å². The van der Waals surface area contributed by atoms with E-state index in [4.69, 9.17) is 0 Å². The van der Waals surface area contributed by atoms with Crippen molar-refractivity contribution in [2.45, 2.75) is 51.1 Å². The fraction of sp³-hybridized carbons (Fsp3) is 1.00. The minimum absolute atomic E-state index is 0.110. The molecule has 0 spiro atoms. The quantitative estimate of drug-likeness (QED) is 0.807. The fourth-order valence-electron chi connectivity index (χ4n) is 2.13. The van der Waals surface area contributed by atoms with Crippen molar-refractivity contribution in [3.05, 3.63) is 0 Å². The van der Waals surface area contributed by atoms with Gasteiger partial charge in [-0.1, -0.05) is 6.92 Å². The van der Waals surface area contributed by atoms with Gasteiger partial charge in [0.05, 0.1) is 0 Å². The van der Waals surface area contributed by atoms with Gasteiger partial charge in [-0.15, -0.1) is 0 Å². The number of nitrogens with one attached hydrogen (secondary N) is 1. The standard InChI is InChI=1S/C13H28N2O2S2/c1-6-13(3,4)14-9-11(2)15-7-8-18-10-12(15)19(5,16)17/h11-12,14H,6-10H2,1-5H3. The second-order valence-electron chi connectivity index (χ2n) is 6.06. The van der Waals surface area contributed by atoms with E-state index >= 15 is 0 Å². The van der Waals surface area contributed by atoms with Crippen LogP contribution < -0.4 is 5.32 Å². The third-order valence-corrected chi connectivity index (χ3v) is 6.60. The van der Waals surface area contributed by atoms with Crippen molar-refractivity contribution in [3.8, 4) is 0 Å². The number of sulfone groups is 1. The van der Waals surface area contributed by atoms with Gasteiger partial charge in [-0.25, -0.2) is 8.42 Å². The van der Waals surface area contributed by atoms with Gasteiger partial charge in [-0.2, -0.15) is 11.8 Å². The maximum atomic E-state index is 11.9. The molecular weight excluding hydrogens is 280 g/mol. The summed E-state index contributed by atoms with van der Waals surface area (Å²) in [7, 11) is -3.00. The van der Waals surface area contributed by atoms with Crippen LogP contribution in [0.1, 0.15) is 34.1 Å². The topological polar surface area (TPSA) is 49.4 Å². The van der Waals surface area contributed by atoms with E-state index in [0.29, 0.717) is 5.75 Å². The predicted octanol–water partition coefficient (Wildman–Crippen LogP) is 1.57. The van der Waals surface area contributed by atoms with Gasteiger partial charge in [0.2, 0.25) is 0 Å². The summed E-state index contributed by atoms with van der Waals surface area (Å²) in [6, 6.07) is 0.242. The lowest BCUT2D eigenvalue weighted by atomic mass is 10.0. The van der Waals surface area contributed by atoms with E-state index in [1.807, 2.05) is 0 Å². The maximum absolute atomic E-state index is 11.9. The predicted molar refractivity (Wildman–Crippen MR) is 84.5 cm³/mol. The molecular formula is C13H28N2O2S2. The molecule has 6 heteroatoms. The highest BCUT2D eigenvalue weighted by Crippen LogP contribution is 2.22. The fourth-order valence-corrected chi connectivity index (χ4v) is 5.12. The monoisotopic (exact) mass is 308 g/mol. The summed E-state index contributed by atoms with van der Waals surface area (Å²) in [6.45, 7) is 10.3. The van der Waals surface area contributed by atoms with Gasteiger partial charge < -0.3 is 5.32 Å². The lowest BCUT2D eigenvalue weighted by molar-refractivity contribution is 0.188. The Morgan fingerprint density at radius 1 is 1.47 bits per heavy atom. The Labute approximate surface area is 122 Å². The van der Waals surface area contributed by atoms with Crippen molar-refractivity contribution in [2.75, 3.05) is 30.9 Å². The Morgan fingerprint density at radius 2 is 2.11 bits per heavy atom. The summed E-state index contributed by atoms with van der Waals surface area (Å²) in [5.41, 5.74) is 0.110. The van der Waals surface area contributed by atoms with E-state index < -0.39 is 9.84 Å².